The summed E-state index contributed by atoms with van der Waals surface area (Å²) in [5.41, 5.74) is -0.675. The molecule has 90 valence electrons. The van der Waals surface area contributed by atoms with Gasteiger partial charge in [-0.25, -0.2) is 4.68 Å². The molecule has 17 heavy (non-hydrogen) atoms. The molecule has 1 aromatic carbocycles. The van der Waals surface area contributed by atoms with E-state index in [2.05, 4.69) is 5.10 Å². The van der Waals surface area contributed by atoms with Crippen LogP contribution in [-0.2, 0) is 6.18 Å². The molecule has 0 aliphatic rings. The predicted octanol–water partition coefficient (Wildman–Crippen LogP) is 3.25. The Kier molecular flexibility index (Phi) is 2.74. The smallest absolute Gasteiger partial charge is 0.416 e. The Morgan fingerprint density at radius 2 is 2.00 bits per heavy atom. The predicted molar refractivity (Wildman–Crippen MR) is 55.2 cm³/mol. The number of aromatic hydroxyl groups is 1. The summed E-state index contributed by atoms with van der Waals surface area (Å²) >= 11 is 5.68. The Balaban J connectivity index is 2.51. The molecule has 0 radical (unpaired) electrons. The zero-order chi connectivity index (χ0) is 12.6. The van der Waals surface area contributed by atoms with E-state index in [-0.39, 0.29) is 16.6 Å². The number of rotatable bonds is 1. The van der Waals surface area contributed by atoms with Gasteiger partial charge in [-0.1, -0.05) is 17.7 Å². The van der Waals surface area contributed by atoms with Gasteiger partial charge in [-0.2, -0.15) is 18.3 Å². The molecule has 0 aliphatic heterocycles. The van der Waals surface area contributed by atoms with E-state index < -0.39 is 11.7 Å². The highest BCUT2D eigenvalue weighted by molar-refractivity contribution is 6.31. The van der Waals surface area contributed by atoms with Crippen LogP contribution in [0.2, 0.25) is 5.15 Å². The van der Waals surface area contributed by atoms with E-state index in [9.17, 15) is 18.3 Å². The molecule has 0 bridgehead atoms. The molecule has 2 rings (SSSR count). The molecule has 0 spiro atoms. The fourth-order valence-corrected chi connectivity index (χ4v) is 1.51. The molecule has 0 saturated heterocycles. The van der Waals surface area contributed by atoms with Crippen molar-refractivity contribution < 1.29 is 18.3 Å². The van der Waals surface area contributed by atoms with Crippen LogP contribution in [0.25, 0.3) is 5.69 Å². The maximum absolute atomic E-state index is 12.5. The molecular weight excluding hydrogens is 257 g/mol. The van der Waals surface area contributed by atoms with Gasteiger partial charge in [0, 0.05) is 0 Å². The van der Waals surface area contributed by atoms with E-state index in [1.54, 1.807) is 0 Å². The Bertz CT molecular complexity index is 551. The number of alkyl halides is 3. The van der Waals surface area contributed by atoms with Crippen molar-refractivity contribution in [3.63, 3.8) is 0 Å². The first kappa shape index (κ1) is 11.8. The van der Waals surface area contributed by atoms with Crippen LogP contribution in [0.5, 0.6) is 5.75 Å². The van der Waals surface area contributed by atoms with Gasteiger partial charge in [0.05, 0.1) is 17.4 Å². The summed E-state index contributed by atoms with van der Waals surface area (Å²) < 4.78 is 38.5. The Labute approximate surface area is 99.1 Å². The first-order chi connectivity index (χ1) is 7.89. The third-order valence-electron chi connectivity index (χ3n) is 2.11. The van der Waals surface area contributed by atoms with Gasteiger partial charge in [0.15, 0.2) is 10.9 Å². The van der Waals surface area contributed by atoms with Crippen molar-refractivity contribution in [1.29, 1.82) is 0 Å². The van der Waals surface area contributed by atoms with Crippen molar-refractivity contribution in [2.45, 2.75) is 6.18 Å². The molecule has 0 fully saturated rings. The molecule has 0 unspecified atom stereocenters. The van der Waals surface area contributed by atoms with E-state index in [1.807, 2.05) is 0 Å². The Hall–Kier alpha value is -1.69. The number of hydrogen-bond donors (Lipinski definition) is 1. The maximum Gasteiger partial charge on any atom is 0.416 e. The highest BCUT2D eigenvalue weighted by atomic mass is 35.5. The van der Waals surface area contributed by atoms with Crippen molar-refractivity contribution >= 4 is 11.6 Å². The maximum atomic E-state index is 12.5. The molecular formula is C10H6ClF3N2O. The second-order valence-corrected chi connectivity index (χ2v) is 3.64. The van der Waals surface area contributed by atoms with Gasteiger partial charge in [0.2, 0.25) is 0 Å². The van der Waals surface area contributed by atoms with Crippen LogP contribution in [0, 0.1) is 0 Å². The summed E-state index contributed by atoms with van der Waals surface area (Å²) in [4.78, 5) is 0. The van der Waals surface area contributed by atoms with Crippen molar-refractivity contribution in [3.8, 4) is 11.4 Å². The summed E-state index contributed by atoms with van der Waals surface area (Å²) in [6.45, 7) is 0. The van der Waals surface area contributed by atoms with Gasteiger partial charge in [0.1, 0.15) is 0 Å². The number of aromatic nitrogens is 2. The number of benzene rings is 1. The monoisotopic (exact) mass is 262 g/mol. The lowest BCUT2D eigenvalue weighted by Crippen LogP contribution is -2.06. The second-order valence-electron chi connectivity index (χ2n) is 3.28. The molecule has 1 N–H and O–H groups in total. The first-order valence-corrected chi connectivity index (χ1v) is 4.87. The molecule has 7 heteroatoms. The summed E-state index contributed by atoms with van der Waals surface area (Å²) in [5, 5.41) is 12.7. The van der Waals surface area contributed by atoms with Crippen LogP contribution < -0.4 is 0 Å². The van der Waals surface area contributed by atoms with Crippen LogP contribution >= 0.6 is 11.6 Å². The van der Waals surface area contributed by atoms with Crippen LogP contribution in [0.15, 0.2) is 30.5 Å². The topological polar surface area (TPSA) is 38.1 Å². The van der Waals surface area contributed by atoms with Gasteiger partial charge in [-0.05, 0) is 18.2 Å². The molecule has 0 amide bonds. The number of nitrogens with zero attached hydrogens (tertiary/aromatic N) is 2. The molecule has 3 nitrogen and oxygen atoms in total. The molecule has 0 atom stereocenters. The van der Waals surface area contributed by atoms with E-state index >= 15 is 0 Å². The third-order valence-corrected chi connectivity index (χ3v) is 2.46. The van der Waals surface area contributed by atoms with Gasteiger partial charge in [-0.15, -0.1) is 0 Å². The summed E-state index contributed by atoms with van der Waals surface area (Å²) in [6.07, 6.45) is -3.37. The average molecular weight is 263 g/mol. The van der Waals surface area contributed by atoms with Crippen molar-refractivity contribution in [1.82, 2.24) is 9.78 Å². The van der Waals surface area contributed by atoms with Crippen LogP contribution in [0.1, 0.15) is 5.56 Å². The van der Waals surface area contributed by atoms with E-state index in [1.165, 1.54) is 12.1 Å². The lowest BCUT2D eigenvalue weighted by molar-refractivity contribution is -0.137. The standard InChI is InChI=1S/C10H6ClF3N2O/c11-9-8(17)5-15-16(9)7-3-1-2-6(4-7)10(12,13)14/h1-5,17H. The lowest BCUT2D eigenvalue weighted by Gasteiger charge is -2.09. The molecule has 2 aromatic rings. The summed E-state index contributed by atoms with van der Waals surface area (Å²) in [5.74, 6) is -0.288. The van der Waals surface area contributed by atoms with Crippen molar-refractivity contribution in [2.75, 3.05) is 0 Å². The normalized spacial score (nSPS) is 11.8. The zero-order valence-electron chi connectivity index (χ0n) is 8.24. The minimum Gasteiger partial charge on any atom is -0.504 e. The summed E-state index contributed by atoms with van der Waals surface area (Å²) in [6, 6.07) is 4.50. The summed E-state index contributed by atoms with van der Waals surface area (Å²) in [7, 11) is 0. The van der Waals surface area contributed by atoms with Crippen molar-refractivity contribution in [2.24, 2.45) is 0 Å². The molecule has 1 heterocycles. The second kappa shape index (κ2) is 3.96. The fraction of sp³-hybridized carbons (Fsp3) is 0.100. The van der Waals surface area contributed by atoms with Crippen molar-refractivity contribution in [3.05, 3.63) is 41.2 Å². The average Bonchev–Trinajstić information content (AvgIpc) is 2.59. The van der Waals surface area contributed by atoms with Crippen LogP contribution in [0.3, 0.4) is 0 Å². The van der Waals surface area contributed by atoms with Gasteiger partial charge < -0.3 is 5.11 Å². The van der Waals surface area contributed by atoms with E-state index in [0.717, 1.165) is 23.0 Å². The third kappa shape index (κ3) is 2.21. The largest absolute Gasteiger partial charge is 0.504 e. The highest BCUT2D eigenvalue weighted by Crippen LogP contribution is 2.31. The quantitative estimate of drug-likeness (QED) is 0.857. The number of halogens is 4. The first-order valence-electron chi connectivity index (χ1n) is 4.49. The van der Waals surface area contributed by atoms with Crippen LogP contribution in [-0.4, -0.2) is 14.9 Å². The molecule has 0 saturated carbocycles. The molecule has 1 aromatic heterocycles. The fourth-order valence-electron chi connectivity index (χ4n) is 1.32. The molecule has 0 aliphatic carbocycles. The number of hydrogen-bond acceptors (Lipinski definition) is 2. The Morgan fingerprint density at radius 3 is 2.53 bits per heavy atom. The Morgan fingerprint density at radius 1 is 1.29 bits per heavy atom. The highest BCUT2D eigenvalue weighted by Gasteiger charge is 2.30. The van der Waals surface area contributed by atoms with E-state index in [4.69, 9.17) is 11.6 Å². The van der Waals surface area contributed by atoms with E-state index in [0.29, 0.717) is 0 Å². The minimum atomic E-state index is -4.43. The lowest BCUT2D eigenvalue weighted by atomic mass is 10.2. The van der Waals surface area contributed by atoms with Gasteiger partial charge >= 0.3 is 6.18 Å². The SMILES string of the molecule is Oc1cnn(-c2cccc(C(F)(F)F)c2)c1Cl. The van der Waals surface area contributed by atoms with Gasteiger partial charge in [-0.3, -0.25) is 0 Å². The minimum absolute atomic E-state index is 0.130. The van der Waals surface area contributed by atoms with Gasteiger partial charge in [0.25, 0.3) is 0 Å². The zero-order valence-corrected chi connectivity index (χ0v) is 9.00. The van der Waals surface area contributed by atoms with Crippen LogP contribution in [0.4, 0.5) is 13.2 Å².